The van der Waals surface area contributed by atoms with E-state index in [9.17, 15) is 0 Å². The summed E-state index contributed by atoms with van der Waals surface area (Å²) in [6, 6.07) is 54.6. The number of nitrogens with zero attached hydrogens (tertiary/aromatic N) is 3. The maximum Gasteiger partial charge on any atom is 0.165 e. The van der Waals surface area contributed by atoms with Crippen molar-refractivity contribution in [2.24, 2.45) is 0 Å². The molecule has 0 aliphatic heterocycles. The highest BCUT2D eigenvalue weighted by Crippen LogP contribution is 2.41. The van der Waals surface area contributed by atoms with Gasteiger partial charge in [-0.3, -0.25) is 0 Å². The van der Waals surface area contributed by atoms with Crippen LogP contribution in [0.25, 0.3) is 87.4 Å². The number of hydrogen-bond donors (Lipinski definition) is 0. The first-order valence-corrected chi connectivity index (χ1v) is 19.8. The smallest absolute Gasteiger partial charge is 0.165 e. The highest BCUT2D eigenvalue weighted by atomic mass is 32.1. The molecule has 268 valence electrons. The van der Waals surface area contributed by atoms with E-state index < -0.39 is 0 Å². The zero-order valence-corrected chi connectivity index (χ0v) is 33.0. The molecule has 2 heterocycles. The molecule has 0 N–H and O–H groups in total. The first-order valence-electron chi connectivity index (χ1n) is 19.0. The zero-order chi connectivity index (χ0) is 37.9. The summed E-state index contributed by atoms with van der Waals surface area (Å²) < 4.78 is 2.43. The van der Waals surface area contributed by atoms with E-state index in [0.29, 0.717) is 17.5 Å². The summed E-state index contributed by atoms with van der Waals surface area (Å²) in [6.07, 6.45) is 0. The van der Waals surface area contributed by atoms with Crippen molar-refractivity contribution in [2.75, 3.05) is 0 Å². The average Bonchev–Trinajstić information content (AvgIpc) is 3.59. The Morgan fingerprint density at radius 3 is 1.42 bits per heavy atom. The van der Waals surface area contributed by atoms with Crippen molar-refractivity contribution in [3.8, 4) is 56.4 Å². The molecule has 9 rings (SSSR count). The second-order valence-corrected chi connectivity index (χ2v) is 17.6. The lowest BCUT2D eigenvalue weighted by Gasteiger charge is -2.19. The summed E-state index contributed by atoms with van der Waals surface area (Å²) in [5.41, 5.74) is 10.5. The van der Waals surface area contributed by atoms with E-state index in [2.05, 4.69) is 193 Å². The van der Waals surface area contributed by atoms with Gasteiger partial charge in [0.15, 0.2) is 17.5 Å². The molecule has 0 unspecified atom stereocenters. The van der Waals surface area contributed by atoms with Crippen molar-refractivity contribution < 1.29 is 0 Å². The molecule has 4 heteroatoms. The van der Waals surface area contributed by atoms with E-state index in [0.717, 1.165) is 27.6 Å². The van der Waals surface area contributed by atoms with E-state index in [1.807, 2.05) is 0 Å². The van der Waals surface area contributed by atoms with Crippen LogP contribution in [0.5, 0.6) is 0 Å². The van der Waals surface area contributed by atoms with Gasteiger partial charge in [-0.15, -0.1) is 11.3 Å². The van der Waals surface area contributed by atoms with Gasteiger partial charge >= 0.3 is 0 Å². The molecule has 0 bridgehead atoms. The number of aromatic nitrogens is 3. The molecular weight excluding hydrogens is 687 g/mol. The fourth-order valence-electron chi connectivity index (χ4n) is 7.54. The zero-order valence-electron chi connectivity index (χ0n) is 32.2. The van der Waals surface area contributed by atoms with Gasteiger partial charge < -0.3 is 0 Å². The van der Waals surface area contributed by atoms with Crippen LogP contribution >= 0.6 is 11.3 Å². The number of benzene rings is 7. The SMILES string of the molecule is CC(C)(C)c1ccc(-c2ccc(-c3nc(-c4ccc(-c5ccc(C(C)(C)C)cc5)c5ccccc45)nc(-c4cccc5c4sc4ccccc45)n3)cc2)cc1. The molecule has 0 spiro atoms. The number of rotatable bonds is 5. The molecule has 0 fully saturated rings. The summed E-state index contributed by atoms with van der Waals surface area (Å²) >= 11 is 1.79. The van der Waals surface area contributed by atoms with Gasteiger partial charge in [-0.1, -0.05) is 175 Å². The summed E-state index contributed by atoms with van der Waals surface area (Å²) in [5, 5.41) is 4.75. The molecule has 0 aliphatic rings. The largest absolute Gasteiger partial charge is 0.208 e. The Kier molecular flexibility index (Phi) is 8.47. The first kappa shape index (κ1) is 34.8. The lowest BCUT2D eigenvalue weighted by atomic mass is 9.85. The Bertz CT molecular complexity index is 2850. The molecule has 7 aromatic carbocycles. The Labute approximate surface area is 327 Å². The van der Waals surface area contributed by atoms with Crippen molar-refractivity contribution in [3.05, 3.63) is 163 Å². The van der Waals surface area contributed by atoms with Gasteiger partial charge in [-0.25, -0.2) is 15.0 Å². The summed E-state index contributed by atoms with van der Waals surface area (Å²) in [7, 11) is 0. The molecule has 0 atom stereocenters. The van der Waals surface area contributed by atoms with Gasteiger partial charge in [0.05, 0.1) is 0 Å². The van der Waals surface area contributed by atoms with Crippen LogP contribution in [0.4, 0.5) is 0 Å². The third kappa shape index (κ3) is 6.51. The van der Waals surface area contributed by atoms with Crippen LogP contribution in [0.2, 0.25) is 0 Å². The fourth-order valence-corrected chi connectivity index (χ4v) is 8.75. The monoisotopic (exact) mass is 729 g/mol. The van der Waals surface area contributed by atoms with Gasteiger partial charge in [0.2, 0.25) is 0 Å². The number of thiophene rings is 1. The molecule has 0 amide bonds. The molecule has 3 nitrogen and oxygen atoms in total. The number of fused-ring (bicyclic) bond motifs is 4. The Morgan fingerprint density at radius 1 is 0.345 bits per heavy atom. The van der Waals surface area contributed by atoms with Crippen molar-refractivity contribution in [2.45, 2.75) is 52.4 Å². The molecule has 2 aromatic heterocycles. The van der Waals surface area contributed by atoms with Crippen molar-refractivity contribution in [3.63, 3.8) is 0 Å². The summed E-state index contributed by atoms with van der Waals surface area (Å²) in [5.74, 6) is 1.98. The van der Waals surface area contributed by atoms with Gasteiger partial charge in [0.25, 0.3) is 0 Å². The Balaban J connectivity index is 1.20. The highest BCUT2D eigenvalue weighted by Gasteiger charge is 2.20. The Hall–Kier alpha value is -5.97. The predicted octanol–water partition coefficient (Wildman–Crippen LogP) is 14.3. The van der Waals surface area contributed by atoms with E-state index in [1.165, 1.54) is 53.4 Å². The van der Waals surface area contributed by atoms with Crippen LogP contribution < -0.4 is 0 Å². The van der Waals surface area contributed by atoms with Gasteiger partial charge in [0.1, 0.15) is 0 Å². The quantitative estimate of drug-likeness (QED) is 0.177. The van der Waals surface area contributed by atoms with Crippen molar-refractivity contribution >= 4 is 42.3 Å². The van der Waals surface area contributed by atoms with Crippen LogP contribution in [0, 0.1) is 0 Å². The first-order chi connectivity index (χ1) is 26.5. The van der Waals surface area contributed by atoms with Crippen molar-refractivity contribution in [1.29, 1.82) is 0 Å². The van der Waals surface area contributed by atoms with Crippen LogP contribution in [0.3, 0.4) is 0 Å². The topological polar surface area (TPSA) is 38.7 Å². The van der Waals surface area contributed by atoms with Crippen LogP contribution in [-0.2, 0) is 10.8 Å². The van der Waals surface area contributed by atoms with E-state index in [-0.39, 0.29) is 10.8 Å². The van der Waals surface area contributed by atoms with E-state index >= 15 is 0 Å². The van der Waals surface area contributed by atoms with Crippen LogP contribution in [0.15, 0.2) is 152 Å². The summed E-state index contributed by atoms with van der Waals surface area (Å²) in [6.45, 7) is 13.5. The van der Waals surface area contributed by atoms with Gasteiger partial charge in [-0.05, 0) is 73.2 Å². The maximum absolute atomic E-state index is 5.29. The minimum Gasteiger partial charge on any atom is -0.208 e. The molecule has 55 heavy (non-hydrogen) atoms. The lowest BCUT2D eigenvalue weighted by molar-refractivity contribution is 0.590. The average molecular weight is 730 g/mol. The molecule has 9 aromatic rings. The second kappa shape index (κ2) is 13.4. The maximum atomic E-state index is 5.29. The minimum absolute atomic E-state index is 0.0940. The minimum atomic E-state index is 0.0940. The second-order valence-electron chi connectivity index (χ2n) is 16.5. The van der Waals surface area contributed by atoms with Crippen LogP contribution in [0.1, 0.15) is 52.7 Å². The highest BCUT2D eigenvalue weighted by molar-refractivity contribution is 7.26. The van der Waals surface area contributed by atoms with E-state index in [1.54, 1.807) is 11.3 Å². The van der Waals surface area contributed by atoms with E-state index in [4.69, 9.17) is 15.0 Å². The van der Waals surface area contributed by atoms with Crippen molar-refractivity contribution in [1.82, 2.24) is 15.0 Å². The normalized spacial score (nSPS) is 12.2. The lowest BCUT2D eigenvalue weighted by Crippen LogP contribution is -2.10. The third-order valence-electron chi connectivity index (χ3n) is 10.7. The molecule has 0 aliphatic carbocycles. The molecule has 0 saturated heterocycles. The predicted molar refractivity (Wildman–Crippen MR) is 235 cm³/mol. The van der Waals surface area contributed by atoms with Gasteiger partial charge in [0, 0.05) is 36.9 Å². The summed E-state index contributed by atoms with van der Waals surface area (Å²) in [4.78, 5) is 15.7. The molecule has 0 saturated carbocycles. The fraction of sp³-hybridized carbons (Fsp3) is 0.157. The number of hydrogen-bond acceptors (Lipinski definition) is 4. The molecule has 0 radical (unpaired) electrons. The standard InChI is InChI=1S/C51H43N3S/c1-50(2,3)36-26-22-33(23-27-36)32-18-20-35(21-19-32)47-52-48(54-49(53-47)44-16-11-15-42-41-14-9-10-17-45(41)55-46(42)44)43-31-30-38(39-12-7-8-13-40(39)43)34-24-28-37(29-25-34)51(4,5)6/h7-31H,1-6H3. The third-order valence-corrected chi connectivity index (χ3v) is 12.0. The van der Waals surface area contributed by atoms with Crippen LogP contribution in [-0.4, -0.2) is 15.0 Å². The molecular formula is C51H43N3S. The Morgan fingerprint density at radius 2 is 0.800 bits per heavy atom. The van der Waals surface area contributed by atoms with Gasteiger partial charge in [-0.2, -0.15) is 0 Å².